The first-order chi connectivity index (χ1) is 11.2. The lowest BCUT2D eigenvalue weighted by molar-refractivity contribution is 0.321. The van der Waals surface area contributed by atoms with Crippen LogP contribution >= 0.6 is 0 Å². The molecule has 0 bridgehead atoms. The van der Waals surface area contributed by atoms with Gasteiger partial charge in [0.25, 0.3) is 0 Å². The van der Waals surface area contributed by atoms with Gasteiger partial charge in [0.15, 0.2) is 11.5 Å². The Morgan fingerprint density at radius 2 is 1.57 bits per heavy atom. The van der Waals surface area contributed by atoms with Crippen LogP contribution in [0.15, 0.2) is 42.5 Å². The summed E-state index contributed by atoms with van der Waals surface area (Å²) < 4.78 is 16.4. The summed E-state index contributed by atoms with van der Waals surface area (Å²) in [5, 5.41) is 0. The van der Waals surface area contributed by atoms with Crippen molar-refractivity contribution >= 4 is 0 Å². The molecule has 0 spiro atoms. The second-order valence-electron chi connectivity index (χ2n) is 5.02. The second-order valence-corrected chi connectivity index (χ2v) is 5.02. The number of ether oxygens (including phenoxy) is 3. The maximum absolute atomic E-state index is 5.57. The van der Waals surface area contributed by atoms with Gasteiger partial charge in [0.2, 0.25) is 5.75 Å². The minimum absolute atomic E-state index is 0.0602. The van der Waals surface area contributed by atoms with E-state index < -0.39 is 0 Å². The van der Waals surface area contributed by atoms with Gasteiger partial charge < -0.3 is 14.2 Å². The van der Waals surface area contributed by atoms with Gasteiger partial charge in [-0.25, -0.2) is 0 Å². The van der Waals surface area contributed by atoms with E-state index >= 15 is 0 Å². The van der Waals surface area contributed by atoms with Gasteiger partial charge in [-0.15, -0.1) is 0 Å². The molecule has 2 rings (SSSR count). The molecule has 0 fully saturated rings. The molecule has 0 saturated heterocycles. The van der Waals surface area contributed by atoms with E-state index in [1.165, 1.54) is 0 Å². The van der Waals surface area contributed by atoms with Crippen molar-refractivity contribution in [3.05, 3.63) is 53.6 Å². The molecular formula is C20H22O3. The van der Waals surface area contributed by atoms with E-state index in [9.17, 15) is 0 Å². The standard InChI is InChI=1S/C20H22O3/c1-5-16(12-11-15-9-7-6-8-10-15)17-13-14-18(21-2)20(23-4)19(17)22-3/h6-10,13-14,16H,5H2,1-4H3. The Morgan fingerprint density at radius 3 is 2.13 bits per heavy atom. The third kappa shape index (κ3) is 3.78. The van der Waals surface area contributed by atoms with Gasteiger partial charge in [0, 0.05) is 17.0 Å². The van der Waals surface area contributed by atoms with Gasteiger partial charge in [-0.1, -0.05) is 43.0 Å². The summed E-state index contributed by atoms with van der Waals surface area (Å²) in [5.74, 6) is 8.57. The van der Waals surface area contributed by atoms with Gasteiger partial charge in [-0.2, -0.15) is 0 Å². The molecule has 1 unspecified atom stereocenters. The second kappa shape index (κ2) is 8.14. The Morgan fingerprint density at radius 1 is 0.870 bits per heavy atom. The van der Waals surface area contributed by atoms with Crippen LogP contribution < -0.4 is 14.2 Å². The minimum atomic E-state index is 0.0602. The molecule has 0 aliphatic rings. The molecule has 3 nitrogen and oxygen atoms in total. The Balaban J connectivity index is 2.44. The number of hydrogen-bond acceptors (Lipinski definition) is 3. The SMILES string of the molecule is CCC(C#Cc1ccccc1)c1ccc(OC)c(OC)c1OC. The zero-order valence-corrected chi connectivity index (χ0v) is 14.1. The Bertz CT molecular complexity index is 696. The molecule has 23 heavy (non-hydrogen) atoms. The average molecular weight is 310 g/mol. The molecule has 0 N–H and O–H groups in total. The van der Waals surface area contributed by atoms with Crippen LogP contribution in [-0.4, -0.2) is 21.3 Å². The van der Waals surface area contributed by atoms with Crippen molar-refractivity contribution in [2.24, 2.45) is 0 Å². The van der Waals surface area contributed by atoms with E-state index in [1.807, 2.05) is 42.5 Å². The molecule has 1 atom stereocenters. The maximum Gasteiger partial charge on any atom is 0.203 e. The highest BCUT2D eigenvalue weighted by atomic mass is 16.5. The first kappa shape index (κ1) is 16.8. The molecular weight excluding hydrogens is 288 g/mol. The van der Waals surface area contributed by atoms with Crippen molar-refractivity contribution < 1.29 is 14.2 Å². The summed E-state index contributed by atoms with van der Waals surface area (Å²) in [6.07, 6.45) is 0.881. The molecule has 0 aliphatic carbocycles. The number of benzene rings is 2. The Hall–Kier alpha value is -2.60. The topological polar surface area (TPSA) is 27.7 Å². The molecule has 0 radical (unpaired) electrons. The molecule has 0 aliphatic heterocycles. The lowest BCUT2D eigenvalue weighted by atomic mass is 9.95. The zero-order valence-electron chi connectivity index (χ0n) is 14.1. The van der Waals surface area contributed by atoms with Crippen molar-refractivity contribution in [3.63, 3.8) is 0 Å². The van der Waals surface area contributed by atoms with E-state index in [1.54, 1.807) is 21.3 Å². The predicted octanol–water partition coefficient (Wildman–Crippen LogP) is 4.26. The van der Waals surface area contributed by atoms with Crippen LogP contribution in [-0.2, 0) is 0 Å². The molecule has 120 valence electrons. The van der Waals surface area contributed by atoms with Crippen LogP contribution in [0.5, 0.6) is 17.2 Å². The first-order valence-corrected chi connectivity index (χ1v) is 7.60. The Kier molecular flexibility index (Phi) is 5.94. The summed E-state index contributed by atoms with van der Waals surface area (Å²) in [6.45, 7) is 2.11. The van der Waals surface area contributed by atoms with Crippen molar-refractivity contribution in [1.82, 2.24) is 0 Å². The van der Waals surface area contributed by atoms with Gasteiger partial charge in [-0.3, -0.25) is 0 Å². The van der Waals surface area contributed by atoms with Crippen LogP contribution in [0.25, 0.3) is 0 Å². The quantitative estimate of drug-likeness (QED) is 0.772. The van der Waals surface area contributed by atoms with Crippen LogP contribution in [0.1, 0.15) is 30.4 Å². The summed E-state index contributed by atoms with van der Waals surface area (Å²) in [7, 11) is 4.86. The highest BCUT2D eigenvalue weighted by Gasteiger charge is 2.20. The number of hydrogen-bond donors (Lipinski definition) is 0. The van der Waals surface area contributed by atoms with Crippen molar-refractivity contribution in [2.45, 2.75) is 19.3 Å². The largest absolute Gasteiger partial charge is 0.493 e. The summed E-state index contributed by atoms with van der Waals surface area (Å²) in [6, 6.07) is 13.9. The fourth-order valence-electron chi connectivity index (χ4n) is 2.49. The highest BCUT2D eigenvalue weighted by Crippen LogP contribution is 2.43. The summed E-state index contributed by atoms with van der Waals surface area (Å²) >= 11 is 0. The van der Waals surface area contributed by atoms with E-state index in [2.05, 4.69) is 18.8 Å². The van der Waals surface area contributed by atoms with Gasteiger partial charge in [0.05, 0.1) is 21.3 Å². The van der Waals surface area contributed by atoms with E-state index in [-0.39, 0.29) is 5.92 Å². The number of methoxy groups -OCH3 is 3. The third-order valence-corrected chi connectivity index (χ3v) is 3.68. The highest BCUT2D eigenvalue weighted by molar-refractivity contribution is 5.58. The maximum atomic E-state index is 5.57. The molecule has 0 aromatic heterocycles. The molecule has 0 heterocycles. The molecule has 0 amide bonds. The molecule has 3 heteroatoms. The zero-order chi connectivity index (χ0) is 16.7. The van der Waals surface area contributed by atoms with Gasteiger partial charge in [-0.05, 0) is 24.6 Å². The van der Waals surface area contributed by atoms with Crippen LogP contribution in [0.4, 0.5) is 0 Å². The normalized spacial score (nSPS) is 11.1. The van der Waals surface area contributed by atoms with E-state index in [0.29, 0.717) is 17.2 Å². The fraction of sp³-hybridized carbons (Fsp3) is 0.300. The molecule has 0 saturated carbocycles. The predicted molar refractivity (Wildman–Crippen MR) is 92.5 cm³/mol. The first-order valence-electron chi connectivity index (χ1n) is 7.60. The lowest BCUT2D eigenvalue weighted by Crippen LogP contribution is -2.02. The van der Waals surface area contributed by atoms with E-state index in [4.69, 9.17) is 14.2 Å². The average Bonchev–Trinajstić information content (AvgIpc) is 2.62. The third-order valence-electron chi connectivity index (χ3n) is 3.68. The summed E-state index contributed by atoms with van der Waals surface area (Å²) in [4.78, 5) is 0. The molecule has 2 aromatic rings. The summed E-state index contributed by atoms with van der Waals surface area (Å²) in [5.41, 5.74) is 2.02. The monoisotopic (exact) mass is 310 g/mol. The van der Waals surface area contributed by atoms with Crippen molar-refractivity contribution in [2.75, 3.05) is 21.3 Å². The fourth-order valence-corrected chi connectivity index (χ4v) is 2.49. The van der Waals surface area contributed by atoms with Gasteiger partial charge >= 0.3 is 0 Å². The van der Waals surface area contributed by atoms with E-state index in [0.717, 1.165) is 17.5 Å². The Labute approximate surface area is 138 Å². The minimum Gasteiger partial charge on any atom is -0.493 e. The van der Waals surface area contributed by atoms with Gasteiger partial charge in [0.1, 0.15) is 0 Å². The van der Waals surface area contributed by atoms with Crippen molar-refractivity contribution in [1.29, 1.82) is 0 Å². The van der Waals surface area contributed by atoms with Crippen LogP contribution in [0.2, 0.25) is 0 Å². The number of rotatable bonds is 5. The van der Waals surface area contributed by atoms with Crippen molar-refractivity contribution in [3.8, 4) is 29.1 Å². The van der Waals surface area contributed by atoms with Crippen LogP contribution in [0, 0.1) is 11.8 Å². The van der Waals surface area contributed by atoms with Crippen LogP contribution in [0.3, 0.4) is 0 Å². The lowest BCUT2D eigenvalue weighted by Gasteiger charge is -2.18. The smallest absolute Gasteiger partial charge is 0.203 e. The molecule has 2 aromatic carbocycles.